The first kappa shape index (κ1) is 30.0. The fraction of sp³-hybridized carbons (Fsp3) is 0.238. The number of nitrogens with zero attached hydrogens (tertiary/aromatic N) is 3. The Hall–Kier alpha value is -4.31. The summed E-state index contributed by atoms with van der Waals surface area (Å²) >= 11 is 0. The van der Waals surface area contributed by atoms with Crippen LogP contribution in [0.1, 0.15) is 85.7 Å². The standard InChI is InChI=1S/C30H31N2O.C12H10N.Ir/c1-18(2)21-14-15-24-25(17-33-28(24)16-21)30-31-26-12-7-8-13-27(26)32(30)29-22(19(3)4)10-9-11-23(29)20(5)6;1-10-7-8-12(13-9-10)11-5-3-2-4-6-11;/h7-16,18-20H,1-6H3;2-5,7-9H,1H3;/q2*-1;/i;1D3;. The molecule has 0 amide bonds. The Balaban J connectivity index is 0.000000241. The van der Waals surface area contributed by atoms with Crippen LogP contribution in [0.3, 0.4) is 0 Å². The summed E-state index contributed by atoms with van der Waals surface area (Å²) in [6, 6.07) is 35.3. The van der Waals surface area contributed by atoms with E-state index in [9.17, 15) is 0 Å². The number of furan rings is 1. The molecular weight excluding hydrogens is 755 g/mol. The summed E-state index contributed by atoms with van der Waals surface area (Å²) in [6.07, 6.45) is 4.60. The minimum atomic E-state index is -2.09. The second kappa shape index (κ2) is 14.6. The van der Waals surface area contributed by atoms with Gasteiger partial charge in [-0.3, -0.25) is 4.98 Å². The van der Waals surface area contributed by atoms with E-state index >= 15 is 0 Å². The molecule has 3 aromatic heterocycles. The zero-order valence-electron chi connectivity index (χ0n) is 30.6. The van der Waals surface area contributed by atoms with E-state index in [1.807, 2.05) is 24.3 Å². The van der Waals surface area contributed by atoms with Crippen LogP contribution in [-0.2, 0) is 20.1 Å². The predicted octanol–water partition coefficient (Wildman–Crippen LogP) is 11.5. The number of hydrogen-bond acceptors (Lipinski definition) is 3. The van der Waals surface area contributed by atoms with Gasteiger partial charge in [0.15, 0.2) is 0 Å². The third-order valence-electron chi connectivity index (χ3n) is 8.30. The summed E-state index contributed by atoms with van der Waals surface area (Å²) in [6.45, 7) is 11.3. The summed E-state index contributed by atoms with van der Waals surface area (Å²) < 4.78 is 30.0. The number of pyridine rings is 1. The molecule has 0 bridgehead atoms. The Labute approximate surface area is 296 Å². The monoisotopic (exact) mass is 799 g/mol. The van der Waals surface area contributed by atoms with Crippen LogP contribution in [0.25, 0.3) is 50.3 Å². The third kappa shape index (κ3) is 7.02. The second-order valence-corrected chi connectivity index (χ2v) is 12.6. The van der Waals surface area contributed by atoms with Gasteiger partial charge in [-0.25, -0.2) is 0 Å². The Kier molecular flexibility index (Phi) is 9.35. The van der Waals surface area contributed by atoms with Gasteiger partial charge in [-0.1, -0.05) is 113 Å². The molecule has 0 saturated heterocycles. The van der Waals surface area contributed by atoms with Crippen LogP contribution in [-0.4, -0.2) is 14.5 Å². The zero-order valence-corrected chi connectivity index (χ0v) is 30.0. The molecule has 47 heavy (non-hydrogen) atoms. The van der Waals surface area contributed by atoms with Crippen LogP contribution in [0.5, 0.6) is 0 Å². The van der Waals surface area contributed by atoms with Gasteiger partial charge in [-0.15, -0.1) is 42.0 Å². The maximum absolute atomic E-state index is 7.23. The molecule has 0 spiro atoms. The van der Waals surface area contributed by atoms with Crippen LogP contribution in [0.4, 0.5) is 0 Å². The molecule has 0 atom stereocenters. The van der Waals surface area contributed by atoms with Crippen molar-refractivity contribution in [2.24, 2.45) is 0 Å². The number of fused-ring (bicyclic) bond motifs is 2. The number of benzene rings is 4. The summed E-state index contributed by atoms with van der Waals surface area (Å²) in [4.78, 5) is 9.24. The van der Waals surface area contributed by atoms with Crippen molar-refractivity contribution in [3.05, 3.63) is 138 Å². The molecule has 0 unspecified atom stereocenters. The van der Waals surface area contributed by atoms with Crippen molar-refractivity contribution in [1.29, 1.82) is 0 Å². The van der Waals surface area contributed by atoms with E-state index in [2.05, 4.69) is 118 Å². The average Bonchev–Trinajstić information content (AvgIpc) is 3.69. The largest absolute Gasteiger partial charge is 0.557 e. The van der Waals surface area contributed by atoms with Gasteiger partial charge in [0.1, 0.15) is 0 Å². The topological polar surface area (TPSA) is 43.9 Å². The Morgan fingerprint density at radius 2 is 1.53 bits per heavy atom. The number of aromatic nitrogens is 3. The van der Waals surface area contributed by atoms with Gasteiger partial charge >= 0.3 is 0 Å². The van der Waals surface area contributed by atoms with Crippen LogP contribution in [0.15, 0.2) is 108 Å². The predicted molar refractivity (Wildman–Crippen MR) is 191 cm³/mol. The zero-order chi connectivity index (χ0) is 34.9. The molecule has 5 heteroatoms. The molecule has 0 N–H and O–H groups in total. The van der Waals surface area contributed by atoms with Gasteiger partial charge < -0.3 is 14.0 Å². The number of aryl methyl sites for hydroxylation is 1. The molecular formula is C42H41IrN3O-2. The molecule has 1 radical (unpaired) electrons. The first-order valence-corrected chi connectivity index (χ1v) is 15.9. The van der Waals surface area contributed by atoms with E-state index in [0.29, 0.717) is 17.8 Å². The van der Waals surface area contributed by atoms with Crippen molar-refractivity contribution in [2.45, 2.75) is 66.1 Å². The van der Waals surface area contributed by atoms with E-state index in [1.54, 1.807) is 18.2 Å². The number of hydrogen-bond donors (Lipinski definition) is 0. The van der Waals surface area contributed by atoms with Crippen molar-refractivity contribution in [1.82, 2.24) is 14.5 Å². The van der Waals surface area contributed by atoms with Crippen molar-refractivity contribution in [2.75, 3.05) is 0 Å². The van der Waals surface area contributed by atoms with E-state index in [1.165, 1.54) is 28.6 Å². The van der Waals surface area contributed by atoms with Crippen LogP contribution in [0, 0.1) is 19.2 Å². The molecule has 7 rings (SSSR count). The minimum Gasteiger partial charge on any atom is -0.557 e. The number of imidazole rings is 1. The summed E-state index contributed by atoms with van der Waals surface area (Å²) in [5, 5.41) is 1.05. The molecule has 241 valence electrons. The fourth-order valence-electron chi connectivity index (χ4n) is 5.81. The van der Waals surface area contributed by atoms with Gasteiger partial charge in [0.2, 0.25) is 0 Å². The molecule has 0 aliphatic heterocycles. The first-order valence-electron chi connectivity index (χ1n) is 17.4. The summed E-state index contributed by atoms with van der Waals surface area (Å²) in [7, 11) is 0. The smallest absolute Gasteiger partial charge is 0.0774 e. The second-order valence-electron chi connectivity index (χ2n) is 12.6. The van der Waals surface area contributed by atoms with Crippen molar-refractivity contribution in [3.63, 3.8) is 0 Å². The molecule has 4 aromatic carbocycles. The average molecular weight is 799 g/mol. The van der Waals surface area contributed by atoms with Crippen LogP contribution >= 0.6 is 0 Å². The Bertz CT molecular complexity index is 2170. The first-order chi connectivity index (χ1) is 23.4. The van der Waals surface area contributed by atoms with Crippen LogP contribution in [0.2, 0.25) is 0 Å². The summed E-state index contributed by atoms with van der Waals surface area (Å²) in [5.74, 6) is 2.08. The molecule has 3 heterocycles. The minimum absolute atomic E-state index is 0. The molecule has 0 saturated carbocycles. The Morgan fingerprint density at radius 3 is 2.17 bits per heavy atom. The third-order valence-corrected chi connectivity index (χ3v) is 8.30. The van der Waals surface area contributed by atoms with Gasteiger partial charge in [0.25, 0.3) is 0 Å². The van der Waals surface area contributed by atoms with Crippen molar-refractivity contribution < 1.29 is 28.6 Å². The van der Waals surface area contributed by atoms with Gasteiger partial charge in [0.05, 0.1) is 16.9 Å². The van der Waals surface area contributed by atoms with Gasteiger partial charge in [-0.05, 0) is 59.1 Å². The van der Waals surface area contributed by atoms with E-state index in [4.69, 9.17) is 13.5 Å². The molecule has 0 aliphatic carbocycles. The SMILES string of the molecule is CC(C)c1ccc2c(-c3nc4ccccc4n3-c3c(C(C)C)cccc3C(C)C)[c-]oc2c1.[2H]C([2H])([2H])c1ccc(-c2[c-]cccc2)nc1.[Ir]. The Morgan fingerprint density at radius 1 is 0.787 bits per heavy atom. The van der Waals surface area contributed by atoms with Gasteiger partial charge in [0, 0.05) is 47.9 Å². The normalized spacial score (nSPS) is 12.5. The van der Waals surface area contributed by atoms with E-state index < -0.39 is 6.85 Å². The maximum Gasteiger partial charge on any atom is 0.0774 e. The maximum atomic E-state index is 7.23. The summed E-state index contributed by atoms with van der Waals surface area (Å²) in [5.41, 5.74) is 10.8. The number of rotatable bonds is 6. The molecule has 4 nitrogen and oxygen atoms in total. The van der Waals surface area contributed by atoms with E-state index in [0.717, 1.165) is 44.6 Å². The number of para-hydroxylation sites is 3. The molecule has 0 fully saturated rings. The van der Waals surface area contributed by atoms with Gasteiger partial charge in [-0.2, -0.15) is 0 Å². The molecule has 0 aliphatic rings. The van der Waals surface area contributed by atoms with Crippen molar-refractivity contribution >= 4 is 22.0 Å². The molecule has 7 aromatic rings. The van der Waals surface area contributed by atoms with Crippen LogP contribution < -0.4 is 0 Å². The van der Waals surface area contributed by atoms with Crippen molar-refractivity contribution in [3.8, 4) is 28.3 Å². The van der Waals surface area contributed by atoms with E-state index in [-0.39, 0.29) is 25.7 Å². The quantitative estimate of drug-likeness (QED) is 0.157. The fourth-order valence-corrected chi connectivity index (χ4v) is 5.81.